The van der Waals surface area contributed by atoms with Gasteiger partial charge in [-0.1, -0.05) is 6.92 Å². The largest absolute Gasteiger partial charge is 0.497 e. The molecule has 2 heterocycles. The van der Waals surface area contributed by atoms with Gasteiger partial charge in [-0.25, -0.2) is 4.79 Å². The van der Waals surface area contributed by atoms with E-state index in [9.17, 15) is 9.59 Å². The summed E-state index contributed by atoms with van der Waals surface area (Å²) in [5, 5.41) is 0. The van der Waals surface area contributed by atoms with Gasteiger partial charge in [-0.05, 0) is 13.3 Å². The van der Waals surface area contributed by atoms with Gasteiger partial charge in [0.2, 0.25) is 0 Å². The van der Waals surface area contributed by atoms with Gasteiger partial charge in [0.05, 0.1) is 19.3 Å². The zero-order valence-corrected chi connectivity index (χ0v) is 11.8. The van der Waals surface area contributed by atoms with Crippen molar-refractivity contribution in [3.63, 3.8) is 0 Å². The van der Waals surface area contributed by atoms with Gasteiger partial charge >= 0.3 is 5.69 Å². The van der Waals surface area contributed by atoms with Crippen LogP contribution in [0, 0.1) is 6.92 Å². The van der Waals surface area contributed by atoms with Crippen LogP contribution in [-0.4, -0.2) is 21.6 Å². The summed E-state index contributed by atoms with van der Waals surface area (Å²) in [6, 6.07) is 3.59. The highest BCUT2D eigenvalue weighted by Crippen LogP contribution is 2.13. The van der Waals surface area contributed by atoms with E-state index in [4.69, 9.17) is 4.74 Å². The van der Waals surface area contributed by atoms with Gasteiger partial charge in [0, 0.05) is 29.6 Å². The number of nitrogens with one attached hydrogen (secondary N) is 1. The van der Waals surface area contributed by atoms with E-state index in [1.54, 1.807) is 19.4 Å². The highest BCUT2D eigenvalue weighted by Gasteiger charge is 2.06. The van der Waals surface area contributed by atoms with Gasteiger partial charge in [-0.2, -0.15) is 0 Å². The molecule has 20 heavy (non-hydrogen) atoms. The number of rotatable bonds is 4. The van der Waals surface area contributed by atoms with Crippen molar-refractivity contribution in [3.05, 3.63) is 56.1 Å². The second-order valence-electron chi connectivity index (χ2n) is 4.53. The number of nitrogens with zero attached hydrogens (tertiary/aromatic N) is 2. The van der Waals surface area contributed by atoms with Gasteiger partial charge in [-0.3, -0.25) is 19.3 Å². The SMILES string of the molecule is CCc1cn(Cc2cc(OC)cc(C)n2)c(=O)[nH]c1=O. The van der Waals surface area contributed by atoms with Crippen LogP contribution in [-0.2, 0) is 13.0 Å². The first-order valence-corrected chi connectivity index (χ1v) is 6.37. The fourth-order valence-corrected chi connectivity index (χ4v) is 2.00. The Labute approximate surface area is 116 Å². The molecule has 2 aromatic rings. The molecule has 2 aromatic heterocycles. The zero-order chi connectivity index (χ0) is 14.7. The highest BCUT2D eigenvalue weighted by atomic mass is 16.5. The Kier molecular flexibility index (Phi) is 4.02. The molecule has 0 aromatic carbocycles. The van der Waals surface area contributed by atoms with Gasteiger partial charge in [0.25, 0.3) is 5.56 Å². The molecule has 0 spiro atoms. The quantitative estimate of drug-likeness (QED) is 0.897. The van der Waals surface area contributed by atoms with Crippen LogP contribution in [0.2, 0.25) is 0 Å². The molecule has 6 nitrogen and oxygen atoms in total. The molecule has 0 saturated carbocycles. The maximum Gasteiger partial charge on any atom is 0.328 e. The van der Waals surface area contributed by atoms with Gasteiger partial charge < -0.3 is 4.74 Å². The van der Waals surface area contributed by atoms with Crippen LogP contribution in [0.4, 0.5) is 0 Å². The minimum absolute atomic E-state index is 0.292. The zero-order valence-electron chi connectivity index (χ0n) is 11.8. The van der Waals surface area contributed by atoms with Crippen molar-refractivity contribution in [2.45, 2.75) is 26.8 Å². The average molecular weight is 275 g/mol. The molecule has 1 N–H and O–H groups in total. The van der Waals surface area contributed by atoms with Gasteiger partial charge in [0.15, 0.2) is 0 Å². The number of aromatic amines is 1. The molecule has 0 unspecified atom stereocenters. The maximum absolute atomic E-state index is 11.8. The van der Waals surface area contributed by atoms with Crippen molar-refractivity contribution in [3.8, 4) is 5.75 Å². The first-order chi connectivity index (χ1) is 9.53. The second-order valence-corrected chi connectivity index (χ2v) is 4.53. The average Bonchev–Trinajstić information content (AvgIpc) is 2.41. The summed E-state index contributed by atoms with van der Waals surface area (Å²) in [7, 11) is 1.58. The molecule has 0 amide bonds. The topological polar surface area (TPSA) is 77.0 Å². The van der Waals surface area contributed by atoms with Crippen LogP contribution in [0.1, 0.15) is 23.9 Å². The normalized spacial score (nSPS) is 10.6. The van der Waals surface area contributed by atoms with Crippen LogP contribution in [0.15, 0.2) is 27.9 Å². The van der Waals surface area contributed by atoms with Crippen molar-refractivity contribution >= 4 is 0 Å². The van der Waals surface area contributed by atoms with E-state index in [0.717, 1.165) is 5.69 Å². The Morgan fingerprint density at radius 2 is 2.10 bits per heavy atom. The van der Waals surface area contributed by atoms with Gasteiger partial charge in [0.1, 0.15) is 5.75 Å². The Balaban J connectivity index is 2.42. The number of ether oxygens (including phenoxy) is 1. The first-order valence-electron chi connectivity index (χ1n) is 6.37. The van der Waals surface area contributed by atoms with Crippen molar-refractivity contribution < 1.29 is 4.74 Å². The number of pyridine rings is 1. The maximum atomic E-state index is 11.8. The lowest BCUT2D eigenvalue weighted by atomic mass is 10.2. The fourth-order valence-electron chi connectivity index (χ4n) is 2.00. The Hall–Kier alpha value is -2.37. The van der Waals surface area contributed by atoms with E-state index in [2.05, 4.69) is 9.97 Å². The fraction of sp³-hybridized carbons (Fsp3) is 0.357. The van der Waals surface area contributed by atoms with E-state index in [1.807, 2.05) is 19.9 Å². The molecule has 0 saturated heterocycles. The Bertz CT molecular complexity index is 731. The molecule has 0 aliphatic heterocycles. The summed E-state index contributed by atoms with van der Waals surface area (Å²) in [5.41, 5.74) is 1.33. The van der Waals surface area contributed by atoms with E-state index < -0.39 is 5.69 Å². The molecular formula is C14H17N3O3. The molecule has 2 rings (SSSR count). The van der Waals surface area contributed by atoms with E-state index in [0.29, 0.717) is 30.0 Å². The molecule has 0 radical (unpaired) electrons. The predicted octanol–water partition coefficient (Wildman–Crippen LogP) is 0.859. The van der Waals surface area contributed by atoms with Crippen molar-refractivity contribution in [2.24, 2.45) is 0 Å². The molecule has 0 aliphatic carbocycles. The standard InChI is InChI=1S/C14H17N3O3/c1-4-10-7-17(14(19)16-13(10)18)8-11-6-12(20-3)5-9(2)15-11/h5-7H,4,8H2,1-3H3,(H,16,18,19). The third-order valence-electron chi connectivity index (χ3n) is 3.01. The van der Waals surface area contributed by atoms with Gasteiger partial charge in [-0.15, -0.1) is 0 Å². The lowest BCUT2D eigenvalue weighted by Crippen LogP contribution is -2.32. The number of hydrogen-bond acceptors (Lipinski definition) is 4. The molecule has 0 aliphatic rings. The van der Waals surface area contributed by atoms with Crippen LogP contribution in [0.5, 0.6) is 5.75 Å². The monoisotopic (exact) mass is 275 g/mol. The predicted molar refractivity (Wildman–Crippen MR) is 75.3 cm³/mol. The Morgan fingerprint density at radius 3 is 2.75 bits per heavy atom. The van der Waals surface area contributed by atoms with Crippen LogP contribution < -0.4 is 16.0 Å². The number of hydrogen-bond donors (Lipinski definition) is 1. The van der Waals surface area contributed by atoms with Crippen molar-refractivity contribution in [1.82, 2.24) is 14.5 Å². The molecule has 0 fully saturated rings. The van der Waals surface area contributed by atoms with Crippen LogP contribution >= 0.6 is 0 Å². The number of methoxy groups -OCH3 is 1. The Morgan fingerprint density at radius 1 is 1.35 bits per heavy atom. The minimum Gasteiger partial charge on any atom is -0.497 e. The summed E-state index contributed by atoms with van der Waals surface area (Å²) in [4.78, 5) is 30.0. The summed E-state index contributed by atoms with van der Waals surface area (Å²) < 4.78 is 6.63. The third-order valence-corrected chi connectivity index (χ3v) is 3.01. The van der Waals surface area contributed by atoms with E-state index in [-0.39, 0.29) is 5.56 Å². The summed E-state index contributed by atoms with van der Waals surface area (Å²) in [5.74, 6) is 0.695. The molecule has 6 heteroatoms. The molecule has 106 valence electrons. The molecular weight excluding hydrogens is 258 g/mol. The van der Waals surface area contributed by atoms with Crippen LogP contribution in [0.25, 0.3) is 0 Å². The minimum atomic E-state index is -0.436. The number of H-pyrrole nitrogens is 1. The van der Waals surface area contributed by atoms with Crippen molar-refractivity contribution in [1.29, 1.82) is 0 Å². The first kappa shape index (κ1) is 14.0. The number of aryl methyl sites for hydroxylation is 2. The number of aromatic nitrogens is 3. The highest BCUT2D eigenvalue weighted by molar-refractivity contribution is 5.26. The lowest BCUT2D eigenvalue weighted by Gasteiger charge is -2.09. The summed E-state index contributed by atoms with van der Waals surface area (Å²) in [6.07, 6.45) is 2.15. The summed E-state index contributed by atoms with van der Waals surface area (Å²) >= 11 is 0. The lowest BCUT2D eigenvalue weighted by molar-refractivity contribution is 0.412. The van der Waals surface area contributed by atoms with E-state index >= 15 is 0 Å². The summed E-state index contributed by atoms with van der Waals surface area (Å²) in [6.45, 7) is 4.02. The smallest absolute Gasteiger partial charge is 0.328 e. The third kappa shape index (κ3) is 2.96. The second kappa shape index (κ2) is 5.73. The van der Waals surface area contributed by atoms with Crippen LogP contribution in [0.3, 0.4) is 0 Å². The molecule has 0 bridgehead atoms. The van der Waals surface area contributed by atoms with E-state index in [1.165, 1.54) is 4.57 Å². The molecule has 0 atom stereocenters. The van der Waals surface area contributed by atoms with Crippen molar-refractivity contribution in [2.75, 3.05) is 7.11 Å².